The summed E-state index contributed by atoms with van der Waals surface area (Å²) in [5.41, 5.74) is 7.89. The van der Waals surface area contributed by atoms with E-state index in [0.717, 1.165) is 108 Å². The molecule has 3 fully saturated rings. The summed E-state index contributed by atoms with van der Waals surface area (Å²) in [6.07, 6.45) is 8.11. The summed E-state index contributed by atoms with van der Waals surface area (Å²) in [7, 11) is 0. The number of piperazine rings is 1. The van der Waals surface area contributed by atoms with Crippen molar-refractivity contribution in [3.63, 3.8) is 0 Å². The Bertz CT molecular complexity index is 2600. The van der Waals surface area contributed by atoms with Gasteiger partial charge in [0.05, 0.1) is 40.9 Å². The van der Waals surface area contributed by atoms with E-state index in [1.807, 2.05) is 81.9 Å². The van der Waals surface area contributed by atoms with Crippen LogP contribution >= 0.6 is 0 Å². The van der Waals surface area contributed by atoms with Gasteiger partial charge < -0.3 is 15.1 Å². The first-order valence-corrected chi connectivity index (χ1v) is 21.4. The van der Waals surface area contributed by atoms with E-state index in [1.54, 1.807) is 11.1 Å². The Morgan fingerprint density at radius 1 is 0.871 bits per heavy atom. The minimum absolute atomic E-state index is 0.0360. The van der Waals surface area contributed by atoms with Crippen molar-refractivity contribution in [3.05, 3.63) is 96.2 Å². The summed E-state index contributed by atoms with van der Waals surface area (Å²) in [6, 6.07) is 20.3. The van der Waals surface area contributed by atoms with Gasteiger partial charge in [-0.3, -0.25) is 24.7 Å². The number of tetrazole rings is 1. The topological polar surface area (TPSA) is 175 Å². The summed E-state index contributed by atoms with van der Waals surface area (Å²) in [6.45, 7) is 16.0. The molecule has 4 amide bonds. The average molecular weight is 837 g/mol. The number of pyridine rings is 1. The second-order valence-electron chi connectivity index (χ2n) is 17.4. The van der Waals surface area contributed by atoms with Crippen molar-refractivity contribution in [2.75, 3.05) is 60.5 Å². The molecule has 0 spiro atoms. The van der Waals surface area contributed by atoms with Crippen LogP contribution in [-0.2, 0) is 10.3 Å². The number of urea groups is 1. The number of rotatable bonds is 9. The number of aryl methyl sites for hydroxylation is 1. The number of hydrogen-bond acceptors (Lipinski definition) is 12. The van der Waals surface area contributed by atoms with Crippen LogP contribution in [-0.4, -0.2) is 114 Å². The highest BCUT2D eigenvalue weighted by Gasteiger charge is 2.29. The van der Waals surface area contributed by atoms with E-state index in [0.29, 0.717) is 19.0 Å². The van der Waals surface area contributed by atoms with Crippen LogP contribution in [0, 0.1) is 6.92 Å². The molecular formula is C45H52N14O3. The number of carbonyl (C=O) groups is 3. The molecule has 62 heavy (non-hydrogen) atoms. The fourth-order valence-electron chi connectivity index (χ4n) is 8.70. The molecule has 3 aliphatic rings. The Morgan fingerprint density at radius 3 is 2.29 bits per heavy atom. The Balaban J connectivity index is 0.805. The zero-order valence-corrected chi connectivity index (χ0v) is 35.8. The number of anilines is 3. The lowest BCUT2D eigenvalue weighted by atomic mass is 9.98. The number of imide groups is 1. The lowest BCUT2D eigenvalue weighted by Crippen LogP contribution is -2.53. The monoisotopic (exact) mass is 836 g/mol. The van der Waals surface area contributed by atoms with Crippen molar-refractivity contribution >= 4 is 40.6 Å². The molecule has 17 nitrogen and oxygen atoms in total. The van der Waals surface area contributed by atoms with Gasteiger partial charge in [-0.1, -0.05) is 12.1 Å². The summed E-state index contributed by atoms with van der Waals surface area (Å²) in [4.78, 5) is 57.4. The van der Waals surface area contributed by atoms with E-state index < -0.39 is 0 Å². The van der Waals surface area contributed by atoms with Crippen molar-refractivity contribution in [2.24, 2.45) is 0 Å². The molecule has 3 aliphatic heterocycles. The molecule has 17 heteroatoms. The molecule has 2 aromatic carbocycles. The molecule has 3 saturated heterocycles. The summed E-state index contributed by atoms with van der Waals surface area (Å²) in [5.74, 6) is 0.401. The number of piperidine rings is 1. The predicted molar refractivity (Wildman–Crippen MR) is 236 cm³/mol. The van der Waals surface area contributed by atoms with Gasteiger partial charge in [-0.05, 0) is 112 Å². The fourth-order valence-corrected chi connectivity index (χ4v) is 8.70. The molecule has 0 aliphatic carbocycles. The van der Waals surface area contributed by atoms with Gasteiger partial charge in [0.25, 0.3) is 11.7 Å². The van der Waals surface area contributed by atoms with Crippen LogP contribution in [0.25, 0.3) is 28.0 Å². The number of hydrogen-bond donors (Lipinski definition) is 2. The van der Waals surface area contributed by atoms with Crippen LogP contribution in [0.15, 0.2) is 79.3 Å². The van der Waals surface area contributed by atoms with E-state index in [2.05, 4.69) is 76.2 Å². The van der Waals surface area contributed by atoms with Crippen molar-refractivity contribution in [1.82, 2.24) is 55.3 Å². The maximum atomic E-state index is 13.0. The normalized spacial score (nSPS) is 17.4. The number of carbonyl (C=O) groups excluding carboxylic acids is 3. The molecule has 6 aromatic rings. The van der Waals surface area contributed by atoms with Gasteiger partial charge in [0.15, 0.2) is 0 Å². The highest BCUT2D eigenvalue weighted by atomic mass is 16.2. The third-order valence-corrected chi connectivity index (χ3v) is 12.2. The first-order chi connectivity index (χ1) is 29.9. The molecule has 0 saturated carbocycles. The van der Waals surface area contributed by atoms with Crippen molar-refractivity contribution in [3.8, 4) is 22.5 Å². The largest absolute Gasteiger partial charge is 0.369 e. The van der Waals surface area contributed by atoms with Gasteiger partial charge in [0, 0.05) is 87.0 Å². The van der Waals surface area contributed by atoms with E-state index in [4.69, 9.17) is 9.97 Å². The smallest absolute Gasteiger partial charge is 0.328 e. The number of fused-ring (bicyclic) bond motifs is 1. The highest BCUT2D eigenvalue weighted by Crippen LogP contribution is 2.31. The highest BCUT2D eigenvalue weighted by molar-refractivity contribution is 6.05. The zero-order valence-electron chi connectivity index (χ0n) is 35.8. The quantitative estimate of drug-likeness (QED) is 0.194. The third-order valence-electron chi connectivity index (χ3n) is 12.2. The Labute approximate surface area is 360 Å². The molecule has 0 radical (unpaired) electrons. The third kappa shape index (κ3) is 8.31. The lowest BCUT2D eigenvalue weighted by molar-refractivity contribution is -0.120. The molecule has 9 rings (SSSR count). The SMILES string of the molecule is Cc1cc(-c2nc(-c3ccc(N4CCC(N5CCN(c6ccc(N7CCC(=O)NC7=O)cc6)CC5)CC4)nc3)cn3nccc23)ccc1[C@@H](C)NC(=O)c1nnn(C(C)(C)C)n1. The van der Waals surface area contributed by atoms with Gasteiger partial charge in [-0.15, -0.1) is 10.2 Å². The first-order valence-electron chi connectivity index (χ1n) is 21.4. The first kappa shape index (κ1) is 40.6. The van der Waals surface area contributed by atoms with Crippen LogP contribution in [0.5, 0.6) is 0 Å². The van der Waals surface area contributed by atoms with Gasteiger partial charge in [0.1, 0.15) is 5.82 Å². The number of nitrogens with one attached hydrogen (secondary N) is 2. The van der Waals surface area contributed by atoms with E-state index in [-0.39, 0.29) is 35.3 Å². The van der Waals surface area contributed by atoms with Crippen molar-refractivity contribution in [2.45, 2.75) is 71.5 Å². The number of amides is 4. The summed E-state index contributed by atoms with van der Waals surface area (Å²) >= 11 is 0. The van der Waals surface area contributed by atoms with Gasteiger partial charge in [0.2, 0.25) is 5.91 Å². The van der Waals surface area contributed by atoms with E-state index >= 15 is 0 Å². The molecule has 4 aromatic heterocycles. The van der Waals surface area contributed by atoms with Gasteiger partial charge in [-0.25, -0.2) is 19.3 Å². The zero-order chi connectivity index (χ0) is 43.1. The molecule has 2 N–H and O–H groups in total. The van der Waals surface area contributed by atoms with Crippen LogP contribution < -0.4 is 25.3 Å². The predicted octanol–water partition coefficient (Wildman–Crippen LogP) is 5.24. The lowest BCUT2D eigenvalue weighted by Gasteiger charge is -2.43. The van der Waals surface area contributed by atoms with Crippen molar-refractivity contribution < 1.29 is 14.4 Å². The molecule has 0 bridgehead atoms. The van der Waals surface area contributed by atoms with Gasteiger partial charge >= 0.3 is 6.03 Å². The Hall–Kier alpha value is -6.75. The second kappa shape index (κ2) is 16.6. The summed E-state index contributed by atoms with van der Waals surface area (Å²) < 4.78 is 1.86. The fraction of sp³-hybridized carbons (Fsp3) is 0.400. The second-order valence-corrected chi connectivity index (χ2v) is 17.4. The maximum Gasteiger partial charge on any atom is 0.328 e. The summed E-state index contributed by atoms with van der Waals surface area (Å²) in [5, 5.41) is 22.3. The average Bonchev–Trinajstić information content (AvgIpc) is 3.98. The number of nitrogens with zero attached hydrogens (tertiary/aromatic N) is 12. The Morgan fingerprint density at radius 2 is 1.61 bits per heavy atom. The number of benzene rings is 2. The minimum atomic E-state index is -0.380. The van der Waals surface area contributed by atoms with Crippen LogP contribution in [0.3, 0.4) is 0 Å². The van der Waals surface area contributed by atoms with Crippen LogP contribution in [0.2, 0.25) is 0 Å². The van der Waals surface area contributed by atoms with E-state index in [1.165, 1.54) is 4.80 Å². The number of aromatic nitrogens is 8. The van der Waals surface area contributed by atoms with Crippen molar-refractivity contribution in [1.29, 1.82) is 0 Å². The molecular weight excluding hydrogens is 785 g/mol. The molecule has 7 heterocycles. The maximum absolute atomic E-state index is 13.0. The molecule has 320 valence electrons. The van der Waals surface area contributed by atoms with E-state index in [9.17, 15) is 14.4 Å². The Kier molecular flexibility index (Phi) is 10.9. The minimum Gasteiger partial charge on any atom is -0.369 e. The van der Waals surface area contributed by atoms with Gasteiger partial charge in [-0.2, -0.15) is 9.90 Å². The molecule has 0 unspecified atom stereocenters. The standard InChI is InChI=1S/C45H52N14O3/c1-29-26-31(6-12-36(29)30(2)48-43(61)42-51-53-59(52-42)45(3,4)5)41-38-14-18-47-58(38)28-37(49-41)32-7-13-39(46-27-32)56-19-15-34(16-20-56)55-24-22-54(23-25-55)33-8-10-35(11-9-33)57-21-17-40(60)50-44(57)62/h6-14,18,26-28,30,34H,15-17,19-25H2,1-5H3,(H,48,61)(H,50,60,62)/t30-/m1/s1. The molecule has 1 atom stereocenters. The van der Waals surface area contributed by atoms with Crippen LogP contribution in [0.4, 0.5) is 22.0 Å². The van der Waals surface area contributed by atoms with Crippen LogP contribution in [0.1, 0.15) is 74.7 Å².